The summed E-state index contributed by atoms with van der Waals surface area (Å²) in [5.74, 6) is -0.632. The molecule has 0 unspecified atom stereocenters. The van der Waals surface area contributed by atoms with Gasteiger partial charge in [-0.2, -0.15) is 0 Å². The fourth-order valence-corrected chi connectivity index (χ4v) is 1.97. The van der Waals surface area contributed by atoms with Crippen molar-refractivity contribution >= 4 is 11.8 Å². The lowest BCUT2D eigenvalue weighted by molar-refractivity contribution is -0.120. The maximum Gasteiger partial charge on any atom is 0.218 e. The first kappa shape index (κ1) is 13.9. The molecule has 1 rings (SSSR count). The van der Waals surface area contributed by atoms with Gasteiger partial charge in [0.05, 0.1) is 18.2 Å². The standard InChI is InChI=1S/C10H19N3O4/c1-6(14)12-4-7-10(17)8(15)5-13(7)3-2-9(11)16/h7-8,10,15,17H,2-5H2,1H3,(H2,11,16)(H,12,14)/t7-,8+,10-/m1/s1. The third kappa shape index (κ3) is 3.95. The molecule has 7 heteroatoms. The number of aliphatic hydroxyl groups excluding tert-OH is 2. The van der Waals surface area contributed by atoms with Crippen LogP contribution in [0.4, 0.5) is 0 Å². The summed E-state index contributed by atoms with van der Waals surface area (Å²) in [6.07, 6.45) is -1.62. The van der Waals surface area contributed by atoms with Crippen LogP contribution in [-0.2, 0) is 9.59 Å². The van der Waals surface area contributed by atoms with E-state index in [1.54, 1.807) is 4.90 Å². The molecule has 1 fully saturated rings. The second-order valence-corrected chi connectivity index (χ2v) is 4.27. The van der Waals surface area contributed by atoms with Crippen LogP contribution in [0, 0.1) is 0 Å². The van der Waals surface area contributed by atoms with Gasteiger partial charge in [-0.25, -0.2) is 0 Å². The molecule has 1 saturated heterocycles. The summed E-state index contributed by atoms with van der Waals surface area (Å²) in [5, 5.41) is 21.9. The molecule has 1 aliphatic heterocycles. The number of nitrogens with two attached hydrogens (primary N) is 1. The van der Waals surface area contributed by atoms with E-state index in [1.165, 1.54) is 6.92 Å². The predicted octanol–water partition coefficient (Wildman–Crippen LogP) is -2.60. The molecule has 17 heavy (non-hydrogen) atoms. The zero-order valence-corrected chi connectivity index (χ0v) is 9.80. The fraction of sp³-hybridized carbons (Fsp3) is 0.800. The van der Waals surface area contributed by atoms with Crippen molar-refractivity contribution in [2.24, 2.45) is 5.73 Å². The van der Waals surface area contributed by atoms with E-state index in [0.29, 0.717) is 6.54 Å². The number of hydrogen-bond acceptors (Lipinski definition) is 5. The second-order valence-electron chi connectivity index (χ2n) is 4.27. The Balaban J connectivity index is 2.53. The molecule has 0 aromatic carbocycles. The summed E-state index contributed by atoms with van der Waals surface area (Å²) in [6.45, 7) is 2.27. The Bertz CT molecular complexity index is 297. The highest BCUT2D eigenvalue weighted by atomic mass is 16.3. The normalized spacial score (nSPS) is 29.2. The molecule has 98 valence electrons. The minimum absolute atomic E-state index is 0.163. The van der Waals surface area contributed by atoms with Gasteiger partial charge in [0.2, 0.25) is 11.8 Å². The highest BCUT2D eigenvalue weighted by Gasteiger charge is 2.39. The quantitative estimate of drug-likeness (QED) is 0.424. The maximum absolute atomic E-state index is 10.8. The Morgan fingerprint density at radius 1 is 1.47 bits per heavy atom. The van der Waals surface area contributed by atoms with Crippen LogP contribution < -0.4 is 11.1 Å². The lowest BCUT2D eigenvalue weighted by atomic mass is 10.1. The number of β-amino-alcohol motifs (C(OH)–C–C–N with tert-alkyl or cyclic N) is 1. The van der Waals surface area contributed by atoms with Crippen molar-refractivity contribution < 1.29 is 19.8 Å². The molecular formula is C10H19N3O4. The SMILES string of the molecule is CC(=O)NC[C@@H]1[C@@H](O)[C@@H](O)CN1CCC(N)=O. The van der Waals surface area contributed by atoms with Gasteiger partial charge >= 0.3 is 0 Å². The first-order valence-electron chi connectivity index (χ1n) is 5.54. The number of carbonyl (C=O) groups is 2. The van der Waals surface area contributed by atoms with E-state index in [4.69, 9.17) is 5.73 Å². The van der Waals surface area contributed by atoms with E-state index in [9.17, 15) is 19.8 Å². The average molecular weight is 245 g/mol. The van der Waals surface area contributed by atoms with Crippen LogP contribution in [0.25, 0.3) is 0 Å². The van der Waals surface area contributed by atoms with Gasteiger partial charge in [-0.05, 0) is 0 Å². The molecule has 3 atom stereocenters. The Labute approximate surface area is 99.6 Å². The van der Waals surface area contributed by atoms with Crippen LogP contribution >= 0.6 is 0 Å². The third-order valence-corrected chi connectivity index (χ3v) is 2.88. The Kier molecular flexibility index (Phi) is 4.86. The van der Waals surface area contributed by atoms with Crippen molar-refractivity contribution in [2.45, 2.75) is 31.6 Å². The van der Waals surface area contributed by atoms with Gasteiger partial charge in [0.15, 0.2) is 0 Å². The topological polar surface area (TPSA) is 116 Å². The number of aliphatic hydroxyl groups is 2. The van der Waals surface area contributed by atoms with Crippen molar-refractivity contribution in [3.05, 3.63) is 0 Å². The van der Waals surface area contributed by atoms with E-state index >= 15 is 0 Å². The summed E-state index contributed by atoms with van der Waals surface area (Å²) < 4.78 is 0. The number of likely N-dealkylation sites (tertiary alicyclic amines) is 1. The second kappa shape index (κ2) is 5.95. The molecule has 0 radical (unpaired) electrons. The Morgan fingerprint density at radius 2 is 2.12 bits per heavy atom. The summed E-state index contributed by atoms with van der Waals surface area (Å²) in [7, 11) is 0. The van der Waals surface area contributed by atoms with Crippen LogP contribution in [0.1, 0.15) is 13.3 Å². The van der Waals surface area contributed by atoms with Gasteiger partial charge in [0.25, 0.3) is 0 Å². The van der Waals surface area contributed by atoms with Crippen LogP contribution in [0.5, 0.6) is 0 Å². The largest absolute Gasteiger partial charge is 0.389 e. The van der Waals surface area contributed by atoms with Gasteiger partial charge in [0, 0.05) is 33.0 Å². The lowest BCUT2D eigenvalue weighted by Crippen LogP contribution is -2.45. The number of carbonyl (C=O) groups excluding carboxylic acids is 2. The van der Waals surface area contributed by atoms with E-state index < -0.39 is 18.1 Å². The molecule has 0 aromatic heterocycles. The van der Waals surface area contributed by atoms with Gasteiger partial charge in [-0.15, -0.1) is 0 Å². The molecule has 7 nitrogen and oxygen atoms in total. The van der Waals surface area contributed by atoms with Crippen molar-refractivity contribution in [3.8, 4) is 0 Å². The van der Waals surface area contributed by atoms with Crippen LogP contribution in [-0.4, -0.2) is 64.8 Å². The zero-order valence-electron chi connectivity index (χ0n) is 9.80. The Morgan fingerprint density at radius 3 is 2.65 bits per heavy atom. The summed E-state index contributed by atoms with van der Waals surface area (Å²) >= 11 is 0. The van der Waals surface area contributed by atoms with Crippen molar-refractivity contribution in [1.82, 2.24) is 10.2 Å². The van der Waals surface area contributed by atoms with Crippen LogP contribution in [0.2, 0.25) is 0 Å². The first-order chi connectivity index (χ1) is 7.91. The molecule has 0 bridgehead atoms. The Hall–Kier alpha value is -1.18. The minimum Gasteiger partial charge on any atom is -0.389 e. The minimum atomic E-state index is -0.922. The predicted molar refractivity (Wildman–Crippen MR) is 59.9 cm³/mol. The van der Waals surface area contributed by atoms with Crippen molar-refractivity contribution in [2.75, 3.05) is 19.6 Å². The molecule has 0 aromatic rings. The number of rotatable bonds is 5. The number of nitrogens with one attached hydrogen (secondary N) is 1. The van der Waals surface area contributed by atoms with Gasteiger partial charge in [-0.1, -0.05) is 0 Å². The maximum atomic E-state index is 10.8. The first-order valence-corrected chi connectivity index (χ1v) is 5.54. The molecule has 0 aliphatic carbocycles. The molecule has 1 aliphatic rings. The molecule has 2 amide bonds. The van der Waals surface area contributed by atoms with Crippen LogP contribution in [0.3, 0.4) is 0 Å². The molecule has 5 N–H and O–H groups in total. The van der Waals surface area contributed by atoms with Gasteiger partial charge in [0.1, 0.15) is 0 Å². The third-order valence-electron chi connectivity index (χ3n) is 2.88. The van der Waals surface area contributed by atoms with Crippen LogP contribution in [0.15, 0.2) is 0 Å². The summed E-state index contributed by atoms with van der Waals surface area (Å²) in [6, 6.07) is -0.381. The molecule has 1 heterocycles. The van der Waals surface area contributed by atoms with Gasteiger partial charge < -0.3 is 21.3 Å². The monoisotopic (exact) mass is 245 g/mol. The van der Waals surface area contributed by atoms with Crippen molar-refractivity contribution in [1.29, 1.82) is 0 Å². The number of primary amides is 1. The highest BCUT2D eigenvalue weighted by molar-refractivity contribution is 5.74. The number of hydrogen-bond donors (Lipinski definition) is 4. The smallest absolute Gasteiger partial charge is 0.218 e. The van der Waals surface area contributed by atoms with E-state index in [1.807, 2.05) is 0 Å². The summed E-state index contributed by atoms with van der Waals surface area (Å²) in [5.41, 5.74) is 5.05. The number of nitrogens with zero attached hydrogens (tertiary/aromatic N) is 1. The summed E-state index contributed by atoms with van der Waals surface area (Å²) in [4.78, 5) is 23.3. The highest BCUT2D eigenvalue weighted by Crippen LogP contribution is 2.18. The van der Waals surface area contributed by atoms with E-state index in [-0.39, 0.29) is 31.5 Å². The van der Waals surface area contributed by atoms with Gasteiger partial charge in [-0.3, -0.25) is 14.5 Å². The lowest BCUT2D eigenvalue weighted by Gasteiger charge is -2.25. The number of amides is 2. The van der Waals surface area contributed by atoms with E-state index in [2.05, 4.69) is 5.32 Å². The average Bonchev–Trinajstić information content (AvgIpc) is 2.49. The zero-order chi connectivity index (χ0) is 13.0. The van der Waals surface area contributed by atoms with Crippen molar-refractivity contribution in [3.63, 3.8) is 0 Å². The molecular weight excluding hydrogens is 226 g/mol. The molecule has 0 saturated carbocycles. The van der Waals surface area contributed by atoms with E-state index in [0.717, 1.165) is 0 Å². The molecule has 0 spiro atoms. The fourth-order valence-electron chi connectivity index (χ4n) is 1.97.